The molecule has 2 aromatic rings. The van der Waals surface area contributed by atoms with Gasteiger partial charge in [0.05, 0.1) is 11.7 Å². The van der Waals surface area contributed by atoms with E-state index >= 15 is 0 Å². The first-order chi connectivity index (χ1) is 13.7. The molecule has 0 aliphatic carbocycles. The van der Waals surface area contributed by atoms with Crippen molar-refractivity contribution in [2.75, 3.05) is 25.0 Å². The minimum absolute atomic E-state index is 0.0591. The number of nitrogens with zero attached hydrogens (tertiary/aromatic N) is 3. The number of hydrogen-bond acceptors (Lipinski definition) is 5. The predicted octanol–water partition coefficient (Wildman–Crippen LogP) is 3.98. The number of benzene rings is 1. The summed E-state index contributed by atoms with van der Waals surface area (Å²) in [7, 11) is 0. The maximum atomic E-state index is 12.9. The van der Waals surface area contributed by atoms with Crippen LogP contribution in [0.4, 0.5) is 5.13 Å². The summed E-state index contributed by atoms with van der Waals surface area (Å²) in [6.07, 6.45) is 4.53. The largest absolute Gasteiger partial charge is 0.301 e. The molecule has 0 spiro atoms. The van der Waals surface area contributed by atoms with Crippen molar-refractivity contribution in [3.8, 4) is 0 Å². The number of carbonyl (C=O) groups is 1. The van der Waals surface area contributed by atoms with Crippen LogP contribution in [0.1, 0.15) is 43.9 Å². The molecule has 1 aromatic heterocycles. The van der Waals surface area contributed by atoms with E-state index in [9.17, 15) is 4.79 Å². The number of piperidine rings is 1. The molecule has 28 heavy (non-hydrogen) atoms. The van der Waals surface area contributed by atoms with Gasteiger partial charge in [-0.2, -0.15) is 0 Å². The van der Waals surface area contributed by atoms with Crippen molar-refractivity contribution in [1.82, 2.24) is 14.8 Å². The van der Waals surface area contributed by atoms with Crippen LogP contribution in [0.3, 0.4) is 0 Å². The number of likely N-dealkylation sites (tertiary alicyclic amines) is 2. The highest BCUT2D eigenvalue weighted by molar-refractivity contribution is 7.13. The minimum atomic E-state index is -0.0591. The maximum Gasteiger partial charge on any atom is 0.243 e. The van der Waals surface area contributed by atoms with E-state index in [0.29, 0.717) is 0 Å². The Morgan fingerprint density at radius 3 is 2.71 bits per heavy atom. The molecule has 6 heteroatoms. The molecule has 0 bridgehead atoms. The van der Waals surface area contributed by atoms with Crippen molar-refractivity contribution in [1.29, 1.82) is 0 Å². The third-order valence-corrected chi connectivity index (χ3v) is 6.75. The molecule has 1 amide bonds. The monoisotopic (exact) mass is 398 g/mol. The zero-order valence-electron chi connectivity index (χ0n) is 16.6. The summed E-state index contributed by atoms with van der Waals surface area (Å²) in [5.41, 5.74) is 2.33. The second-order valence-corrected chi connectivity index (χ2v) is 9.06. The lowest BCUT2D eigenvalue weighted by molar-refractivity contribution is -0.120. The zero-order chi connectivity index (χ0) is 19.3. The van der Waals surface area contributed by atoms with Crippen molar-refractivity contribution in [3.63, 3.8) is 0 Å². The second-order valence-electron chi connectivity index (χ2n) is 8.21. The second kappa shape index (κ2) is 9.16. The van der Waals surface area contributed by atoms with E-state index in [0.717, 1.165) is 62.3 Å². The molecule has 2 fully saturated rings. The van der Waals surface area contributed by atoms with E-state index in [2.05, 4.69) is 56.7 Å². The molecule has 3 heterocycles. The number of anilines is 1. The van der Waals surface area contributed by atoms with Gasteiger partial charge in [-0.25, -0.2) is 4.98 Å². The quantitative estimate of drug-likeness (QED) is 0.800. The number of aromatic nitrogens is 1. The van der Waals surface area contributed by atoms with Crippen LogP contribution in [0, 0.1) is 5.92 Å². The molecule has 0 saturated carbocycles. The lowest BCUT2D eigenvalue weighted by Crippen LogP contribution is -2.39. The molecule has 2 saturated heterocycles. The van der Waals surface area contributed by atoms with Crippen molar-refractivity contribution in [2.45, 2.75) is 51.7 Å². The number of amides is 1. The summed E-state index contributed by atoms with van der Waals surface area (Å²) >= 11 is 1.54. The standard InChI is InChI=1S/C22H30N4OS/c1-17-9-12-25(13-10-17)15-19-16-28-22(23-19)24-21(27)20-8-5-11-26(20)14-18-6-3-2-4-7-18/h2-4,6-7,16-17,20H,5,8-15H2,1H3,(H,23,24,27). The van der Waals surface area contributed by atoms with Gasteiger partial charge >= 0.3 is 0 Å². The number of carbonyl (C=O) groups excluding carboxylic acids is 1. The summed E-state index contributed by atoms with van der Waals surface area (Å²) in [6.45, 7) is 7.33. The van der Waals surface area contributed by atoms with Crippen molar-refractivity contribution in [2.24, 2.45) is 5.92 Å². The molecule has 1 aromatic carbocycles. The summed E-state index contributed by atoms with van der Waals surface area (Å²) in [4.78, 5) is 22.3. The lowest BCUT2D eigenvalue weighted by atomic mass is 9.99. The predicted molar refractivity (Wildman–Crippen MR) is 114 cm³/mol. The first kappa shape index (κ1) is 19.6. The molecular weight excluding hydrogens is 368 g/mol. The Bertz CT molecular complexity index is 770. The van der Waals surface area contributed by atoms with E-state index in [1.807, 2.05) is 6.07 Å². The van der Waals surface area contributed by atoms with Crippen LogP contribution in [0.2, 0.25) is 0 Å². The van der Waals surface area contributed by atoms with Gasteiger partial charge in [0.2, 0.25) is 5.91 Å². The molecular formula is C22H30N4OS. The highest BCUT2D eigenvalue weighted by atomic mass is 32.1. The lowest BCUT2D eigenvalue weighted by Gasteiger charge is -2.29. The van der Waals surface area contributed by atoms with Crippen LogP contribution in [0.5, 0.6) is 0 Å². The Morgan fingerprint density at radius 1 is 1.14 bits per heavy atom. The fourth-order valence-electron chi connectivity index (χ4n) is 4.21. The van der Waals surface area contributed by atoms with Crippen molar-refractivity contribution < 1.29 is 4.79 Å². The molecule has 2 aliphatic rings. The number of hydrogen-bond donors (Lipinski definition) is 1. The van der Waals surface area contributed by atoms with Crippen LogP contribution in [0.25, 0.3) is 0 Å². The highest BCUT2D eigenvalue weighted by Gasteiger charge is 2.31. The van der Waals surface area contributed by atoms with Crippen molar-refractivity contribution >= 4 is 22.4 Å². The van der Waals surface area contributed by atoms with Crippen LogP contribution in [0.15, 0.2) is 35.7 Å². The summed E-state index contributed by atoms with van der Waals surface area (Å²) < 4.78 is 0. The van der Waals surface area contributed by atoms with Gasteiger partial charge in [-0.1, -0.05) is 37.3 Å². The molecule has 5 nitrogen and oxygen atoms in total. The third kappa shape index (κ3) is 4.99. The minimum Gasteiger partial charge on any atom is -0.301 e. The molecule has 0 radical (unpaired) electrons. The van der Waals surface area contributed by atoms with Gasteiger partial charge in [-0.15, -0.1) is 11.3 Å². The third-order valence-electron chi connectivity index (χ3n) is 5.94. The first-order valence-corrected chi connectivity index (χ1v) is 11.3. The Morgan fingerprint density at radius 2 is 1.93 bits per heavy atom. The van der Waals surface area contributed by atoms with E-state index < -0.39 is 0 Å². The van der Waals surface area contributed by atoms with Crippen LogP contribution >= 0.6 is 11.3 Å². The Hall–Kier alpha value is -1.76. The van der Waals surface area contributed by atoms with Gasteiger partial charge < -0.3 is 5.32 Å². The average Bonchev–Trinajstić information content (AvgIpc) is 3.34. The van der Waals surface area contributed by atoms with Gasteiger partial charge in [-0.05, 0) is 56.8 Å². The van der Waals surface area contributed by atoms with Crippen LogP contribution in [-0.4, -0.2) is 46.4 Å². The smallest absolute Gasteiger partial charge is 0.243 e. The van der Waals surface area contributed by atoms with Gasteiger partial charge in [0.1, 0.15) is 0 Å². The number of nitrogens with one attached hydrogen (secondary N) is 1. The van der Waals surface area contributed by atoms with Gasteiger partial charge in [0.15, 0.2) is 5.13 Å². The highest BCUT2D eigenvalue weighted by Crippen LogP contribution is 2.24. The Balaban J connectivity index is 1.31. The van der Waals surface area contributed by atoms with Gasteiger partial charge in [0.25, 0.3) is 0 Å². The van der Waals surface area contributed by atoms with Crippen LogP contribution < -0.4 is 5.32 Å². The van der Waals surface area contributed by atoms with E-state index in [4.69, 9.17) is 0 Å². The fourth-order valence-corrected chi connectivity index (χ4v) is 4.91. The molecule has 1 N–H and O–H groups in total. The fraction of sp³-hybridized carbons (Fsp3) is 0.545. The molecule has 4 rings (SSSR count). The maximum absolute atomic E-state index is 12.9. The normalized spacial score (nSPS) is 21.8. The van der Waals surface area contributed by atoms with Gasteiger partial charge in [-0.3, -0.25) is 14.6 Å². The van der Waals surface area contributed by atoms with E-state index in [1.54, 1.807) is 11.3 Å². The topological polar surface area (TPSA) is 48.5 Å². The summed E-state index contributed by atoms with van der Waals surface area (Å²) in [5, 5.41) is 5.89. The molecule has 1 atom stereocenters. The van der Waals surface area contributed by atoms with Crippen LogP contribution in [-0.2, 0) is 17.9 Å². The summed E-state index contributed by atoms with van der Waals surface area (Å²) in [6, 6.07) is 10.3. The average molecular weight is 399 g/mol. The SMILES string of the molecule is CC1CCN(Cc2csc(NC(=O)C3CCCN3Cc3ccccc3)n2)CC1. The van der Waals surface area contributed by atoms with E-state index in [-0.39, 0.29) is 11.9 Å². The molecule has 2 aliphatic heterocycles. The first-order valence-electron chi connectivity index (χ1n) is 10.4. The number of rotatable bonds is 6. The van der Waals surface area contributed by atoms with E-state index in [1.165, 1.54) is 18.4 Å². The zero-order valence-corrected chi connectivity index (χ0v) is 17.5. The van der Waals surface area contributed by atoms with Gasteiger partial charge in [0, 0.05) is 18.5 Å². The summed E-state index contributed by atoms with van der Waals surface area (Å²) in [5.74, 6) is 0.924. The van der Waals surface area contributed by atoms with Crippen molar-refractivity contribution in [3.05, 3.63) is 47.0 Å². The molecule has 1 unspecified atom stereocenters. The Kier molecular flexibility index (Phi) is 6.40. The Labute approximate surface area is 171 Å². The molecule has 150 valence electrons. The number of thiazole rings is 1.